The number of nitrogens with one attached hydrogen (secondary N) is 2. The summed E-state index contributed by atoms with van der Waals surface area (Å²) in [7, 11) is 1.58. The standard InChI is InChI=1S/C13H17ClN2O2/c1-4-7-15-13(17)9(2)16-12-8-10(18-3)5-6-11(12)14/h4-6,8-9,16H,1,7H2,2-3H3,(H,15,17). The van der Waals surface area contributed by atoms with E-state index in [0.29, 0.717) is 23.0 Å². The van der Waals surface area contributed by atoms with Crippen LogP contribution in [0.4, 0.5) is 5.69 Å². The Morgan fingerprint density at radius 1 is 1.61 bits per heavy atom. The summed E-state index contributed by atoms with van der Waals surface area (Å²) in [5.41, 5.74) is 0.664. The van der Waals surface area contributed by atoms with Crippen molar-refractivity contribution in [3.8, 4) is 5.75 Å². The minimum atomic E-state index is -0.394. The highest BCUT2D eigenvalue weighted by molar-refractivity contribution is 6.33. The van der Waals surface area contributed by atoms with E-state index in [1.54, 1.807) is 38.3 Å². The van der Waals surface area contributed by atoms with Crippen LogP contribution in [0.15, 0.2) is 30.9 Å². The van der Waals surface area contributed by atoms with E-state index < -0.39 is 6.04 Å². The SMILES string of the molecule is C=CCNC(=O)C(C)Nc1cc(OC)ccc1Cl. The maximum atomic E-state index is 11.7. The summed E-state index contributed by atoms with van der Waals surface area (Å²) in [5, 5.41) is 6.28. The van der Waals surface area contributed by atoms with E-state index >= 15 is 0 Å². The Kier molecular flexibility index (Phi) is 5.52. The van der Waals surface area contributed by atoms with Gasteiger partial charge < -0.3 is 15.4 Å². The molecule has 0 fully saturated rings. The maximum absolute atomic E-state index is 11.7. The van der Waals surface area contributed by atoms with Crippen LogP contribution in [-0.2, 0) is 4.79 Å². The van der Waals surface area contributed by atoms with Crippen molar-refractivity contribution < 1.29 is 9.53 Å². The first-order chi connectivity index (χ1) is 8.58. The van der Waals surface area contributed by atoms with E-state index in [4.69, 9.17) is 16.3 Å². The molecular formula is C13H17ClN2O2. The van der Waals surface area contributed by atoms with Gasteiger partial charge >= 0.3 is 0 Å². The molecule has 2 N–H and O–H groups in total. The molecule has 1 atom stereocenters. The highest BCUT2D eigenvalue weighted by atomic mass is 35.5. The fraction of sp³-hybridized carbons (Fsp3) is 0.308. The van der Waals surface area contributed by atoms with Gasteiger partial charge in [-0.25, -0.2) is 0 Å². The first kappa shape index (κ1) is 14.4. The molecule has 5 heteroatoms. The van der Waals surface area contributed by atoms with Crippen molar-refractivity contribution in [1.82, 2.24) is 5.32 Å². The third kappa shape index (κ3) is 3.96. The Balaban J connectivity index is 2.71. The van der Waals surface area contributed by atoms with Gasteiger partial charge in [-0.05, 0) is 19.1 Å². The molecule has 0 heterocycles. The summed E-state index contributed by atoms with van der Waals surface area (Å²) in [6.45, 7) is 5.74. The van der Waals surface area contributed by atoms with Crippen LogP contribution >= 0.6 is 11.6 Å². The Morgan fingerprint density at radius 2 is 2.33 bits per heavy atom. The van der Waals surface area contributed by atoms with Crippen LogP contribution in [0.5, 0.6) is 5.75 Å². The monoisotopic (exact) mass is 268 g/mol. The molecule has 4 nitrogen and oxygen atoms in total. The Morgan fingerprint density at radius 3 is 2.94 bits per heavy atom. The van der Waals surface area contributed by atoms with Gasteiger partial charge in [0.2, 0.25) is 5.91 Å². The van der Waals surface area contributed by atoms with Gasteiger partial charge in [-0.2, -0.15) is 0 Å². The summed E-state index contributed by atoms with van der Waals surface area (Å²) >= 11 is 6.04. The van der Waals surface area contributed by atoms with E-state index in [2.05, 4.69) is 17.2 Å². The molecule has 18 heavy (non-hydrogen) atoms. The average Bonchev–Trinajstić information content (AvgIpc) is 2.38. The van der Waals surface area contributed by atoms with Crippen LogP contribution < -0.4 is 15.4 Å². The number of hydrogen-bond acceptors (Lipinski definition) is 3. The molecule has 0 saturated carbocycles. The third-order valence-electron chi connectivity index (χ3n) is 2.36. The zero-order valence-corrected chi connectivity index (χ0v) is 11.3. The molecule has 0 saturated heterocycles. The second-order valence-electron chi connectivity index (χ2n) is 3.75. The van der Waals surface area contributed by atoms with E-state index in [1.165, 1.54) is 0 Å². The molecule has 0 spiro atoms. The average molecular weight is 269 g/mol. The largest absolute Gasteiger partial charge is 0.497 e. The summed E-state index contributed by atoms with van der Waals surface area (Å²) in [4.78, 5) is 11.7. The maximum Gasteiger partial charge on any atom is 0.242 e. The lowest BCUT2D eigenvalue weighted by Crippen LogP contribution is -2.37. The fourth-order valence-corrected chi connectivity index (χ4v) is 1.54. The van der Waals surface area contributed by atoms with E-state index in [-0.39, 0.29) is 5.91 Å². The van der Waals surface area contributed by atoms with Crippen molar-refractivity contribution in [2.75, 3.05) is 19.0 Å². The van der Waals surface area contributed by atoms with Crippen molar-refractivity contribution in [2.24, 2.45) is 0 Å². The molecule has 0 aliphatic carbocycles. The fourth-order valence-electron chi connectivity index (χ4n) is 1.37. The second-order valence-corrected chi connectivity index (χ2v) is 4.15. The number of halogens is 1. The van der Waals surface area contributed by atoms with Gasteiger partial charge in [0.05, 0.1) is 17.8 Å². The molecule has 0 radical (unpaired) electrons. The predicted octanol–water partition coefficient (Wildman–Crippen LogP) is 2.45. The zero-order chi connectivity index (χ0) is 13.5. The summed E-state index contributed by atoms with van der Waals surface area (Å²) in [5.74, 6) is 0.564. The molecule has 1 unspecified atom stereocenters. The predicted molar refractivity (Wildman–Crippen MR) is 74.3 cm³/mol. The number of benzene rings is 1. The van der Waals surface area contributed by atoms with Gasteiger partial charge in [0.1, 0.15) is 11.8 Å². The molecule has 0 aliphatic rings. The van der Waals surface area contributed by atoms with Crippen LogP contribution in [0.3, 0.4) is 0 Å². The second kappa shape index (κ2) is 6.91. The number of ether oxygens (including phenoxy) is 1. The molecule has 1 amide bonds. The van der Waals surface area contributed by atoms with Gasteiger partial charge in [0.15, 0.2) is 0 Å². The first-order valence-electron chi connectivity index (χ1n) is 5.57. The highest BCUT2D eigenvalue weighted by Crippen LogP contribution is 2.27. The first-order valence-corrected chi connectivity index (χ1v) is 5.95. The molecular weight excluding hydrogens is 252 g/mol. The Labute approximate surface area is 112 Å². The lowest BCUT2D eigenvalue weighted by atomic mass is 10.2. The number of carbonyl (C=O) groups is 1. The van der Waals surface area contributed by atoms with Crippen molar-refractivity contribution >= 4 is 23.2 Å². The van der Waals surface area contributed by atoms with E-state index in [0.717, 1.165) is 0 Å². The Hall–Kier alpha value is -1.68. The minimum Gasteiger partial charge on any atom is -0.497 e. The Bertz CT molecular complexity index is 435. The van der Waals surface area contributed by atoms with Crippen molar-refractivity contribution in [1.29, 1.82) is 0 Å². The van der Waals surface area contributed by atoms with Gasteiger partial charge in [0.25, 0.3) is 0 Å². The lowest BCUT2D eigenvalue weighted by molar-refractivity contribution is -0.121. The smallest absolute Gasteiger partial charge is 0.242 e. The summed E-state index contributed by atoms with van der Waals surface area (Å²) in [6, 6.07) is 4.83. The summed E-state index contributed by atoms with van der Waals surface area (Å²) < 4.78 is 5.10. The highest BCUT2D eigenvalue weighted by Gasteiger charge is 2.13. The van der Waals surface area contributed by atoms with Crippen molar-refractivity contribution in [3.05, 3.63) is 35.9 Å². The molecule has 0 aromatic heterocycles. The molecule has 98 valence electrons. The molecule has 1 aromatic carbocycles. The molecule has 0 aliphatic heterocycles. The van der Waals surface area contributed by atoms with Crippen molar-refractivity contribution in [3.63, 3.8) is 0 Å². The number of anilines is 1. The van der Waals surface area contributed by atoms with Gasteiger partial charge in [0, 0.05) is 12.6 Å². The minimum absolute atomic E-state index is 0.117. The number of methoxy groups -OCH3 is 1. The quantitative estimate of drug-likeness (QED) is 0.779. The van der Waals surface area contributed by atoms with Crippen LogP contribution in [0.2, 0.25) is 5.02 Å². The number of carbonyl (C=O) groups excluding carboxylic acids is 1. The van der Waals surface area contributed by atoms with Crippen molar-refractivity contribution in [2.45, 2.75) is 13.0 Å². The van der Waals surface area contributed by atoms with Gasteiger partial charge in [-0.15, -0.1) is 6.58 Å². The summed E-state index contributed by atoms with van der Waals surface area (Å²) in [6.07, 6.45) is 1.63. The van der Waals surface area contributed by atoms with Gasteiger partial charge in [-0.1, -0.05) is 17.7 Å². The molecule has 0 bridgehead atoms. The normalized spacial score (nSPS) is 11.5. The lowest BCUT2D eigenvalue weighted by Gasteiger charge is -2.16. The zero-order valence-electron chi connectivity index (χ0n) is 10.5. The third-order valence-corrected chi connectivity index (χ3v) is 2.69. The van der Waals surface area contributed by atoms with Crippen LogP contribution in [0, 0.1) is 0 Å². The van der Waals surface area contributed by atoms with E-state index in [9.17, 15) is 4.79 Å². The van der Waals surface area contributed by atoms with Crippen LogP contribution in [-0.4, -0.2) is 25.6 Å². The van der Waals surface area contributed by atoms with Crippen LogP contribution in [0.1, 0.15) is 6.92 Å². The molecule has 1 rings (SSSR count). The molecule has 1 aromatic rings. The van der Waals surface area contributed by atoms with E-state index in [1.807, 2.05) is 0 Å². The van der Waals surface area contributed by atoms with Gasteiger partial charge in [-0.3, -0.25) is 4.79 Å². The number of amides is 1. The topological polar surface area (TPSA) is 50.4 Å². The number of rotatable bonds is 6. The number of hydrogen-bond donors (Lipinski definition) is 2. The van der Waals surface area contributed by atoms with Crippen LogP contribution in [0.25, 0.3) is 0 Å².